The Morgan fingerprint density at radius 2 is 1.88 bits per heavy atom. The van der Waals surface area contributed by atoms with Gasteiger partial charge in [-0.05, 0) is 38.0 Å². The van der Waals surface area contributed by atoms with Gasteiger partial charge >= 0.3 is 0 Å². The highest BCUT2D eigenvalue weighted by atomic mass is 127. The SMILES string of the molecule is CCNC(=NCC(=O)NCc1ccc(OC)cc1)NC(C)CC.I. The zero-order chi connectivity index (χ0) is 17.1. The molecule has 0 aliphatic heterocycles. The maximum atomic E-state index is 11.9. The van der Waals surface area contributed by atoms with Gasteiger partial charge in [0, 0.05) is 19.1 Å². The number of halogens is 1. The summed E-state index contributed by atoms with van der Waals surface area (Å²) in [5.41, 5.74) is 1.02. The number of hydrogen-bond acceptors (Lipinski definition) is 3. The van der Waals surface area contributed by atoms with E-state index in [4.69, 9.17) is 4.74 Å². The highest BCUT2D eigenvalue weighted by molar-refractivity contribution is 14.0. The highest BCUT2D eigenvalue weighted by Gasteiger charge is 2.05. The van der Waals surface area contributed by atoms with Crippen molar-refractivity contribution in [1.29, 1.82) is 0 Å². The number of nitrogens with one attached hydrogen (secondary N) is 3. The molecule has 0 heterocycles. The summed E-state index contributed by atoms with van der Waals surface area (Å²) in [5.74, 6) is 1.36. The van der Waals surface area contributed by atoms with E-state index in [0.29, 0.717) is 18.5 Å². The lowest BCUT2D eigenvalue weighted by Gasteiger charge is -2.16. The minimum atomic E-state index is -0.109. The molecule has 24 heavy (non-hydrogen) atoms. The topological polar surface area (TPSA) is 74.8 Å². The fourth-order valence-corrected chi connectivity index (χ4v) is 1.81. The second-order valence-corrected chi connectivity index (χ2v) is 5.27. The summed E-state index contributed by atoms with van der Waals surface area (Å²) in [4.78, 5) is 16.2. The first-order valence-electron chi connectivity index (χ1n) is 8.03. The van der Waals surface area contributed by atoms with Gasteiger partial charge in [-0.2, -0.15) is 0 Å². The molecule has 0 saturated carbocycles. The van der Waals surface area contributed by atoms with Crippen molar-refractivity contribution < 1.29 is 9.53 Å². The molecule has 0 radical (unpaired) electrons. The molecule has 6 nitrogen and oxygen atoms in total. The van der Waals surface area contributed by atoms with E-state index < -0.39 is 0 Å². The maximum absolute atomic E-state index is 11.9. The molecule has 1 unspecified atom stereocenters. The third-order valence-electron chi connectivity index (χ3n) is 3.37. The van der Waals surface area contributed by atoms with Gasteiger partial charge in [0.15, 0.2) is 5.96 Å². The summed E-state index contributed by atoms with van der Waals surface area (Å²) in [6.45, 7) is 7.52. The van der Waals surface area contributed by atoms with Crippen LogP contribution in [0.5, 0.6) is 5.75 Å². The van der Waals surface area contributed by atoms with E-state index in [-0.39, 0.29) is 36.4 Å². The van der Waals surface area contributed by atoms with E-state index in [1.165, 1.54) is 0 Å². The normalized spacial score (nSPS) is 11.9. The second-order valence-electron chi connectivity index (χ2n) is 5.27. The monoisotopic (exact) mass is 448 g/mol. The number of aliphatic imine (C=N–C) groups is 1. The molecule has 0 fully saturated rings. The molecule has 1 atom stereocenters. The summed E-state index contributed by atoms with van der Waals surface area (Å²) in [7, 11) is 1.63. The average Bonchev–Trinajstić information content (AvgIpc) is 2.58. The van der Waals surface area contributed by atoms with Gasteiger partial charge in [-0.25, -0.2) is 4.99 Å². The number of methoxy groups -OCH3 is 1. The zero-order valence-electron chi connectivity index (χ0n) is 14.9. The summed E-state index contributed by atoms with van der Waals surface area (Å²) in [5, 5.41) is 9.25. The first-order valence-corrected chi connectivity index (χ1v) is 8.03. The van der Waals surface area contributed by atoms with Crippen LogP contribution in [0.3, 0.4) is 0 Å². The van der Waals surface area contributed by atoms with Gasteiger partial charge in [0.05, 0.1) is 7.11 Å². The van der Waals surface area contributed by atoms with Gasteiger partial charge in [0.2, 0.25) is 5.91 Å². The zero-order valence-corrected chi connectivity index (χ0v) is 17.2. The highest BCUT2D eigenvalue weighted by Crippen LogP contribution is 2.10. The van der Waals surface area contributed by atoms with Crippen LogP contribution in [0.25, 0.3) is 0 Å². The predicted octanol–water partition coefficient (Wildman–Crippen LogP) is 2.28. The molecule has 1 aromatic rings. The Balaban J connectivity index is 0.00000529. The smallest absolute Gasteiger partial charge is 0.242 e. The Hall–Kier alpha value is -1.51. The van der Waals surface area contributed by atoms with Crippen molar-refractivity contribution in [3.63, 3.8) is 0 Å². The lowest BCUT2D eigenvalue weighted by atomic mass is 10.2. The van der Waals surface area contributed by atoms with Crippen LogP contribution in [-0.2, 0) is 11.3 Å². The number of amides is 1. The largest absolute Gasteiger partial charge is 0.497 e. The Bertz CT molecular complexity index is 506. The molecule has 136 valence electrons. The molecule has 1 aromatic carbocycles. The predicted molar refractivity (Wildman–Crippen MR) is 109 cm³/mol. The number of carbonyl (C=O) groups excluding carboxylic acids is 1. The van der Waals surface area contributed by atoms with Crippen LogP contribution in [0.4, 0.5) is 0 Å². The number of benzene rings is 1. The van der Waals surface area contributed by atoms with E-state index in [0.717, 1.165) is 24.3 Å². The number of guanidine groups is 1. The van der Waals surface area contributed by atoms with E-state index in [1.54, 1.807) is 7.11 Å². The van der Waals surface area contributed by atoms with Crippen molar-refractivity contribution in [2.45, 2.75) is 39.8 Å². The molecule has 0 aliphatic rings. The first-order chi connectivity index (χ1) is 11.1. The second kappa shape index (κ2) is 12.9. The van der Waals surface area contributed by atoms with Gasteiger partial charge in [0.1, 0.15) is 12.3 Å². The summed E-state index contributed by atoms with van der Waals surface area (Å²) in [6, 6.07) is 7.92. The van der Waals surface area contributed by atoms with Crippen LogP contribution < -0.4 is 20.7 Å². The summed E-state index contributed by atoms with van der Waals surface area (Å²) < 4.78 is 5.10. The lowest BCUT2D eigenvalue weighted by molar-refractivity contribution is -0.119. The van der Waals surface area contributed by atoms with Crippen LogP contribution in [0, 0.1) is 0 Å². The minimum Gasteiger partial charge on any atom is -0.497 e. The van der Waals surface area contributed by atoms with Crippen molar-refractivity contribution >= 4 is 35.8 Å². The number of hydrogen-bond donors (Lipinski definition) is 3. The van der Waals surface area contributed by atoms with E-state index in [1.807, 2.05) is 31.2 Å². The van der Waals surface area contributed by atoms with Crippen LogP contribution >= 0.6 is 24.0 Å². The van der Waals surface area contributed by atoms with Crippen molar-refractivity contribution in [3.05, 3.63) is 29.8 Å². The Morgan fingerprint density at radius 3 is 2.42 bits per heavy atom. The molecule has 1 amide bonds. The molecule has 0 spiro atoms. The van der Waals surface area contributed by atoms with Gasteiger partial charge in [-0.3, -0.25) is 4.79 Å². The van der Waals surface area contributed by atoms with Crippen LogP contribution in [0.15, 0.2) is 29.3 Å². The molecular formula is C17H29IN4O2. The molecule has 0 bridgehead atoms. The van der Waals surface area contributed by atoms with E-state index in [2.05, 4.69) is 34.8 Å². The summed E-state index contributed by atoms with van der Waals surface area (Å²) in [6.07, 6.45) is 0.994. The van der Waals surface area contributed by atoms with Crippen LogP contribution in [0.1, 0.15) is 32.8 Å². The molecule has 0 saturated heterocycles. The number of rotatable bonds is 8. The minimum absolute atomic E-state index is 0. The Morgan fingerprint density at radius 1 is 1.21 bits per heavy atom. The maximum Gasteiger partial charge on any atom is 0.242 e. The molecule has 1 rings (SSSR count). The van der Waals surface area contributed by atoms with Crippen molar-refractivity contribution in [1.82, 2.24) is 16.0 Å². The van der Waals surface area contributed by atoms with E-state index in [9.17, 15) is 4.79 Å². The Kier molecular flexibility index (Phi) is 12.0. The number of nitrogens with zero attached hydrogens (tertiary/aromatic N) is 1. The third-order valence-corrected chi connectivity index (χ3v) is 3.37. The first kappa shape index (κ1) is 22.5. The van der Waals surface area contributed by atoms with E-state index >= 15 is 0 Å². The molecular weight excluding hydrogens is 419 g/mol. The summed E-state index contributed by atoms with van der Waals surface area (Å²) >= 11 is 0. The molecule has 7 heteroatoms. The van der Waals surface area contributed by atoms with Crippen molar-refractivity contribution in [3.8, 4) is 5.75 Å². The molecule has 0 aromatic heterocycles. The standard InChI is InChI=1S/C17H28N4O2.HI/c1-5-13(3)21-17(18-6-2)20-12-16(22)19-11-14-7-9-15(23-4)10-8-14;/h7-10,13H,5-6,11-12H2,1-4H3,(H,19,22)(H2,18,20,21);1H. The van der Waals surface area contributed by atoms with Crippen LogP contribution in [-0.4, -0.2) is 38.1 Å². The van der Waals surface area contributed by atoms with Gasteiger partial charge in [0.25, 0.3) is 0 Å². The number of carbonyl (C=O) groups is 1. The quantitative estimate of drug-likeness (QED) is 0.324. The fraction of sp³-hybridized carbons (Fsp3) is 0.529. The van der Waals surface area contributed by atoms with Gasteiger partial charge in [-0.1, -0.05) is 19.1 Å². The third kappa shape index (κ3) is 8.95. The number of ether oxygens (including phenoxy) is 1. The van der Waals surface area contributed by atoms with Crippen molar-refractivity contribution in [2.24, 2.45) is 4.99 Å². The van der Waals surface area contributed by atoms with Gasteiger partial charge < -0.3 is 20.7 Å². The molecule has 3 N–H and O–H groups in total. The molecule has 0 aliphatic carbocycles. The van der Waals surface area contributed by atoms with Crippen LogP contribution in [0.2, 0.25) is 0 Å². The Labute approximate surface area is 161 Å². The van der Waals surface area contributed by atoms with Crippen molar-refractivity contribution in [2.75, 3.05) is 20.2 Å². The average molecular weight is 448 g/mol. The van der Waals surface area contributed by atoms with Gasteiger partial charge in [-0.15, -0.1) is 24.0 Å². The lowest BCUT2D eigenvalue weighted by Crippen LogP contribution is -2.42. The fourth-order valence-electron chi connectivity index (χ4n) is 1.81.